The van der Waals surface area contributed by atoms with Gasteiger partial charge in [-0.3, -0.25) is 14.2 Å². The van der Waals surface area contributed by atoms with E-state index in [4.69, 9.17) is 0 Å². The maximum atomic E-state index is 12.8. The van der Waals surface area contributed by atoms with Crippen LogP contribution in [0.5, 0.6) is 0 Å². The summed E-state index contributed by atoms with van der Waals surface area (Å²) < 4.78 is 2.00. The molecule has 4 heterocycles. The molecule has 1 atom stereocenters. The number of hydrogen-bond acceptors (Lipinski definition) is 5. The minimum absolute atomic E-state index is 0.00837. The number of carbonyl (C=O) groups is 1. The number of rotatable bonds is 3. The molecule has 1 saturated heterocycles. The number of nitrogens with zero attached hydrogens (tertiary/aromatic N) is 4. The van der Waals surface area contributed by atoms with Crippen molar-refractivity contribution in [2.24, 2.45) is 0 Å². The van der Waals surface area contributed by atoms with Gasteiger partial charge in [0.1, 0.15) is 16.1 Å². The molecule has 4 rings (SSSR count). The van der Waals surface area contributed by atoms with Gasteiger partial charge in [-0.2, -0.15) is 0 Å². The molecular weight excluding hydrogens is 336 g/mol. The molecule has 3 aromatic rings. The summed E-state index contributed by atoms with van der Waals surface area (Å²) in [5.74, 6) is 0.00837. The number of carbonyl (C=O) groups excluding carboxylic acids is 1. The highest BCUT2D eigenvalue weighted by molar-refractivity contribution is 7.25. The number of aromatic nitrogens is 3. The van der Waals surface area contributed by atoms with Crippen molar-refractivity contribution in [3.8, 4) is 0 Å². The zero-order valence-corrected chi connectivity index (χ0v) is 15.0. The summed E-state index contributed by atoms with van der Waals surface area (Å²) in [5, 5.41) is 0.889. The lowest BCUT2D eigenvalue weighted by atomic mass is 10.00. The average molecular weight is 356 g/mol. The fourth-order valence-corrected chi connectivity index (χ4v) is 4.65. The van der Waals surface area contributed by atoms with Gasteiger partial charge in [0, 0.05) is 24.2 Å². The first-order chi connectivity index (χ1) is 12.2. The standard InChI is InChI=1S/C18H20N4O2S/c1-2-12-6-3-4-9-22(12)14(23)10-21-11-20-15-13-7-5-8-19-17(13)25-16(15)18(21)24/h5,7-8,11-12H,2-4,6,9-10H2,1H3/t12-/m1/s1. The molecule has 0 spiro atoms. The average Bonchev–Trinajstić information content (AvgIpc) is 3.03. The van der Waals surface area contributed by atoms with Crippen LogP contribution in [0.3, 0.4) is 0 Å². The van der Waals surface area contributed by atoms with Gasteiger partial charge in [-0.15, -0.1) is 11.3 Å². The van der Waals surface area contributed by atoms with E-state index in [9.17, 15) is 9.59 Å². The summed E-state index contributed by atoms with van der Waals surface area (Å²) in [6.07, 6.45) is 7.42. The third-order valence-corrected chi connectivity index (χ3v) is 6.04. The van der Waals surface area contributed by atoms with Gasteiger partial charge in [-0.1, -0.05) is 6.92 Å². The fourth-order valence-electron chi connectivity index (χ4n) is 3.61. The molecule has 7 heteroatoms. The molecule has 1 aliphatic rings. The Morgan fingerprint density at radius 2 is 2.24 bits per heavy atom. The van der Waals surface area contributed by atoms with E-state index in [2.05, 4.69) is 16.9 Å². The maximum Gasteiger partial charge on any atom is 0.271 e. The van der Waals surface area contributed by atoms with Crippen LogP contribution in [0.4, 0.5) is 0 Å². The molecule has 1 fully saturated rings. The van der Waals surface area contributed by atoms with Crippen LogP contribution in [-0.2, 0) is 11.3 Å². The molecule has 0 unspecified atom stereocenters. The minimum Gasteiger partial charge on any atom is -0.338 e. The van der Waals surface area contributed by atoms with Gasteiger partial charge in [0.25, 0.3) is 5.56 Å². The number of thiophene rings is 1. The predicted octanol–water partition coefficient (Wildman–Crippen LogP) is 2.80. The van der Waals surface area contributed by atoms with E-state index in [1.54, 1.807) is 6.20 Å². The lowest BCUT2D eigenvalue weighted by molar-refractivity contribution is -0.135. The van der Waals surface area contributed by atoms with Crippen LogP contribution >= 0.6 is 11.3 Å². The summed E-state index contributed by atoms with van der Waals surface area (Å²) >= 11 is 1.34. The molecule has 130 valence electrons. The van der Waals surface area contributed by atoms with E-state index < -0.39 is 0 Å². The highest BCUT2D eigenvalue weighted by Gasteiger charge is 2.25. The molecule has 6 nitrogen and oxygen atoms in total. The van der Waals surface area contributed by atoms with E-state index >= 15 is 0 Å². The Labute approximate surface area is 149 Å². The van der Waals surface area contributed by atoms with Gasteiger partial charge >= 0.3 is 0 Å². The minimum atomic E-state index is -0.161. The quantitative estimate of drug-likeness (QED) is 0.724. The summed E-state index contributed by atoms with van der Waals surface area (Å²) in [5.41, 5.74) is 0.512. The summed E-state index contributed by atoms with van der Waals surface area (Å²) in [6.45, 7) is 2.95. The molecule has 3 aromatic heterocycles. The van der Waals surface area contributed by atoms with E-state index in [1.807, 2.05) is 17.0 Å². The molecule has 0 N–H and O–H groups in total. The highest BCUT2D eigenvalue weighted by atomic mass is 32.1. The van der Waals surface area contributed by atoms with E-state index in [1.165, 1.54) is 28.7 Å². The zero-order chi connectivity index (χ0) is 17.4. The van der Waals surface area contributed by atoms with Gasteiger partial charge in [-0.25, -0.2) is 9.97 Å². The van der Waals surface area contributed by atoms with Gasteiger partial charge in [0.2, 0.25) is 5.91 Å². The van der Waals surface area contributed by atoms with Crippen molar-refractivity contribution in [1.29, 1.82) is 0 Å². The van der Waals surface area contributed by atoms with Crippen molar-refractivity contribution in [2.75, 3.05) is 6.54 Å². The molecular formula is C18H20N4O2S. The Bertz CT molecular complexity index is 994. The molecule has 0 saturated carbocycles. The summed E-state index contributed by atoms with van der Waals surface area (Å²) in [6, 6.07) is 4.05. The number of pyridine rings is 1. The second kappa shape index (κ2) is 6.55. The third-order valence-electron chi connectivity index (χ3n) is 4.95. The van der Waals surface area contributed by atoms with Gasteiger partial charge < -0.3 is 4.90 Å². The number of amides is 1. The Morgan fingerprint density at radius 1 is 1.36 bits per heavy atom. The monoisotopic (exact) mass is 356 g/mol. The largest absolute Gasteiger partial charge is 0.338 e. The first-order valence-corrected chi connectivity index (χ1v) is 9.53. The van der Waals surface area contributed by atoms with Crippen LogP contribution in [0.2, 0.25) is 0 Å². The number of hydrogen-bond donors (Lipinski definition) is 0. The topological polar surface area (TPSA) is 68.1 Å². The molecule has 1 amide bonds. The van der Waals surface area contributed by atoms with Crippen LogP contribution in [-0.4, -0.2) is 37.9 Å². The lowest BCUT2D eigenvalue weighted by Gasteiger charge is -2.35. The van der Waals surface area contributed by atoms with Crippen molar-refractivity contribution in [1.82, 2.24) is 19.4 Å². The maximum absolute atomic E-state index is 12.8. The van der Waals surface area contributed by atoms with Gasteiger partial charge in [-0.05, 0) is 37.8 Å². The normalized spacial score (nSPS) is 18.1. The molecule has 0 radical (unpaired) electrons. The Hall–Kier alpha value is -2.28. The van der Waals surface area contributed by atoms with Crippen molar-refractivity contribution >= 4 is 37.7 Å². The second-order valence-electron chi connectivity index (χ2n) is 6.46. The molecule has 0 aromatic carbocycles. The zero-order valence-electron chi connectivity index (χ0n) is 14.1. The van der Waals surface area contributed by atoms with Crippen LogP contribution < -0.4 is 5.56 Å². The molecule has 0 aliphatic carbocycles. The Balaban J connectivity index is 1.67. The predicted molar refractivity (Wildman–Crippen MR) is 98.8 cm³/mol. The Morgan fingerprint density at radius 3 is 3.08 bits per heavy atom. The van der Waals surface area contributed by atoms with Crippen LogP contribution in [0, 0.1) is 0 Å². The van der Waals surface area contributed by atoms with Crippen molar-refractivity contribution in [3.05, 3.63) is 35.0 Å². The highest BCUT2D eigenvalue weighted by Crippen LogP contribution is 2.28. The van der Waals surface area contributed by atoms with Crippen molar-refractivity contribution < 1.29 is 4.79 Å². The van der Waals surface area contributed by atoms with E-state index in [-0.39, 0.29) is 18.0 Å². The molecule has 0 bridgehead atoms. The first-order valence-electron chi connectivity index (χ1n) is 8.71. The third kappa shape index (κ3) is 2.82. The second-order valence-corrected chi connectivity index (χ2v) is 7.46. The van der Waals surface area contributed by atoms with E-state index in [0.717, 1.165) is 36.0 Å². The SMILES string of the molecule is CC[C@@H]1CCCCN1C(=O)Cn1cnc2c(sc3ncccc32)c1=O. The van der Waals surface area contributed by atoms with Crippen molar-refractivity contribution in [2.45, 2.75) is 45.2 Å². The van der Waals surface area contributed by atoms with Crippen LogP contribution in [0.1, 0.15) is 32.6 Å². The number of piperidine rings is 1. The smallest absolute Gasteiger partial charge is 0.271 e. The summed E-state index contributed by atoms with van der Waals surface area (Å²) in [7, 11) is 0. The van der Waals surface area contributed by atoms with Crippen molar-refractivity contribution in [3.63, 3.8) is 0 Å². The summed E-state index contributed by atoms with van der Waals surface area (Å²) in [4.78, 5) is 37.0. The number of fused-ring (bicyclic) bond motifs is 3. The van der Waals surface area contributed by atoms with Crippen LogP contribution in [0.15, 0.2) is 29.5 Å². The molecule has 25 heavy (non-hydrogen) atoms. The number of likely N-dealkylation sites (tertiary alicyclic amines) is 1. The van der Waals surface area contributed by atoms with Gasteiger partial charge in [0.05, 0.1) is 11.8 Å². The van der Waals surface area contributed by atoms with Gasteiger partial charge in [0.15, 0.2) is 0 Å². The fraction of sp³-hybridized carbons (Fsp3) is 0.444. The molecule has 1 aliphatic heterocycles. The van der Waals surface area contributed by atoms with Crippen LogP contribution in [0.25, 0.3) is 20.4 Å². The first kappa shape index (κ1) is 16.2. The lowest BCUT2D eigenvalue weighted by Crippen LogP contribution is -2.45. The Kier molecular flexibility index (Phi) is 4.25. The van der Waals surface area contributed by atoms with E-state index in [0.29, 0.717) is 16.3 Å².